The first kappa shape index (κ1) is 16.4. The van der Waals surface area contributed by atoms with Crippen LogP contribution in [0.25, 0.3) is 0 Å². The maximum Gasteiger partial charge on any atom is 0.257 e. The second-order valence-corrected chi connectivity index (χ2v) is 4.81. The highest BCUT2D eigenvalue weighted by Gasteiger charge is 2.08. The molecule has 0 aromatic heterocycles. The topological polar surface area (TPSA) is 41.6 Å². The van der Waals surface area contributed by atoms with Crippen molar-refractivity contribution in [2.45, 2.75) is 26.3 Å². The number of hydrogen-bond donors (Lipinski definition) is 1. The van der Waals surface area contributed by atoms with Crippen LogP contribution in [0, 0.1) is 5.82 Å². The number of para-hydroxylation sites is 1. The zero-order valence-corrected chi connectivity index (χ0v) is 12.4. The monoisotopic (exact) mass is 282 g/mol. The van der Waals surface area contributed by atoms with Gasteiger partial charge in [0.05, 0.1) is 0 Å². The Kier molecular flexibility index (Phi) is 7.01. The SMILES string of the molecule is CCC(C)N(C)CCNC(=O)COc1ccccc1F. The van der Waals surface area contributed by atoms with Crippen molar-refractivity contribution >= 4 is 5.91 Å². The van der Waals surface area contributed by atoms with E-state index in [2.05, 4.69) is 24.1 Å². The van der Waals surface area contributed by atoms with Gasteiger partial charge >= 0.3 is 0 Å². The molecule has 1 aromatic carbocycles. The molecular weight excluding hydrogens is 259 g/mol. The van der Waals surface area contributed by atoms with Gasteiger partial charge in [0, 0.05) is 19.1 Å². The lowest BCUT2D eigenvalue weighted by Crippen LogP contribution is -2.38. The number of carbonyl (C=O) groups is 1. The molecule has 0 aliphatic carbocycles. The molecule has 1 unspecified atom stereocenters. The Morgan fingerprint density at radius 1 is 1.45 bits per heavy atom. The molecule has 1 aromatic rings. The fraction of sp³-hybridized carbons (Fsp3) is 0.533. The predicted molar refractivity (Wildman–Crippen MR) is 77.3 cm³/mol. The quantitative estimate of drug-likeness (QED) is 0.793. The Bertz CT molecular complexity index is 426. The molecule has 0 aliphatic rings. The fourth-order valence-electron chi connectivity index (χ4n) is 1.66. The van der Waals surface area contributed by atoms with Crippen molar-refractivity contribution in [3.63, 3.8) is 0 Å². The van der Waals surface area contributed by atoms with Crippen LogP contribution < -0.4 is 10.1 Å². The summed E-state index contributed by atoms with van der Waals surface area (Å²) in [5, 5.41) is 2.75. The van der Waals surface area contributed by atoms with Crippen LogP contribution in [0.2, 0.25) is 0 Å². The summed E-state index contributed by atoms with van der Waals surface area (Å²) in [5.74, 6) is -0.609. The lowest BCUT2D eigenvalue weighted by molar-refractivity contribution is -0.123. The minimum atomic E-state index is -0.461. The van der Waals surface area contributed by atoms with Crippen LogP contribution in [0.15, 0.2) is 24.3 Å². The third-order valence-electron chi connectivity index (χ3n) is 3.33. The van der Waals surface area contributed by atoms with Crippen LogP contribution in [0.4, 0.5) is 4.39 Å². The van der Waals surface area contributed by atoms with Gasteiger partial charge in [-0.25, -0.2) is 4.39 Å². The number of rotatable bonds is 8. The van der Waals surface area contributed by atoms with Crippen molar-refractivity contribution in [2.75, 3.05) is 26.7 Å². The molecule has 0 saturated carbocycles. The molecule has 0 fully saturated rings. The van der Waals surface area contributed by atoms with Gasteiger partial charge in [0.15, 0.2) is 18.2 Å². The summed E-state index contributed by atoms with van der Waals surface area (Å²) in [6, 6.07) is 6.53. The third-order valence-corrected chi connectivity index (χ3v) is 3.33. The van der Waals surface area contributed by atoms with E-state index in [-0.39, 0.29) is 18.3 Å². The molecule has 1 amide bonds. The third kappa shape index (κ3) is 5.57. The van der Waals surface area contributed by atoms with Gasteiger partial charge in [-0.15, -0.1) is 0 Å². The predicted octanol–water partition coefficient (Wildman–Crippen LogP) is 2.05. The molecule has 0 aliphatic heterocycles. The highest BCUT2D eigenvalue weighted by molar-refractivity contribution is 5.77. The second-order valence-electron chi connectivity index (χ2n) is 4.81. The molecule has 0 heterocycles. The van der Waals surface area contributed by atoms with Gasteiger partial charge in [0.25, 0.3) is 5.91 Å². The fourth-order valence-corrected chi connectivity index (χ4v) is 1.66. The average Bonchev–Trinajstić information content (AvgIpc) is 2.45. The van der Waals surface area contributed by atoms with Crippen molar-refractivity contribution in [3.8, 4) is 5.75 Å². The Morgan fingerprint density at radius 3 is 2.80 bits per heavy atom. The highest BCUT2D eigenvalue weighted by atomic mass is 19.1. The molecule has 1 rings (SSSR count). The van der Waals surface area contributed by atoms with Crippen molar-refractivity contribution in [2.24, 2.45) is 0 Å². The summed E-state index contributed by atoms with van der Waals surface area (Å²) in [4.78, 5) is 13.8. The van der Waals surface area contributed by atoms with Crippen LogP contribution in [0.1, 0.15) is 20.3 Å². The van der Waals surface area contributed by atoms with E-state index in [1.807, 2.05) is 7.05 Å². The van der Waals surface area contributed by atoms with E-state index in [1.165, 1.54) is 12.1 Å². The molecule has 0 saturated heterocycles. The summed E-state index contributed by atoms with van der Waals surface area (Å²) in [5.41, 5.74) is 0. The first-order chi connectivity index (χ1) is 9.54. The van der Waals surface area contributed by atoms with Gasteiger partial charge in [0.1, 0.15) is 0 Å². The second kappa shape index (κ2) is 8.53. The minimum Gasteiger partial charge on any atom is -0.481 e. The van der Waals surface area contributed by atoms with Crippen molar-refractivity contribution in [3.05, 3.63) is 30.1 Å². The Morgan fingerprint density at radius 2 is 2.15 bits per heavy atom. The summed E-state index contributed by atoms with van der Waals surface area (Å²) in [6.07, 6.45) is 1.07. The summed E-state index contributed by atoms with van der Waals surface area (Å²) in [6.45, 7) is 5.43. The number of halogens is 1. The molecule has 0 radical (unpaired) electrons. The molecule has 4 nitrogen and oxygen atoms in total. The number of hydrogen-bond acceptors (Lipinski definition) is 3. The van der Waals surface area contributed by atoms with Gasteiger partial charge in [-0.05, 0) is 32.5 Å². The minimum absolute atomic E-state index is 0.0966. The van der Waals surface area contributed by atoms with Crippen LogP contribution in [0.3, 0.4) is 0 Å². The van der Waals surface area contributed by atoms with E-state index < -0.39 is 5.82 Å². The van der Waals surface area contributed by atoms with Crippen molar-refractivity contribution < 1.29 is 13.9 Å². The first-order valence-corrected chi connectivity index (χ1v) is 6.88. The van der Waals surface area contributed by atoms with E-state index in [9.17, 15) is 9.18 Å². The van der Waals surface area contributed by atoms with Gasteiger partial charge in [0.2, 0.25) is 0 Å². The average molecular weight is 282 g/mol. The molecule has 20 heavy (non-hydrogen) atoms. The number of likely N-dealkylation sites (N-methyl/N-ethyl adjacent to an activating group) is 1. The molecule has 0 spiro atoms. The lowest BCUT2D eigenvalue weighted by Gasteiger charge is -2.23. The van der Waals surface area contributed by atoms with Crippen LogP contribution >= 0.6 is 0 Å². The summed E-state index contributed by atoms with van der Waals surface area (Å²) in [7, 11) is 2.02. The molecule has 5 heteroatoms. The summed E-state index contributed by atoms with van der Waals surface area (Å²) >= 11 is 0. The highest BCUT2D eigenvalue weighted by Crippen LogP contribution is 2.14. The van der Waals surface area contributed by atoms with Crippen LogP contribution in [-0.2, 0) is 4.79 Å². The Balaban J connectivity index is 2.23. The van der Waals surface area contributed by atoms with Crippen LogP contribution in [-0.4, -0.2) is 43.6 Å². The van der Waals surface area contributed by atoms with Crippen molar-refractivity contribution in [1.29, 1.82) is 0 Å². The number of nitrogens with one attached hydrogen (secondary N) is 1. The largest absolute Gasteiger partial charge is 0.481 e. The number of amides is 1. The number of carbonyl (C=O) groups excluding carboxylic acids is 1. The molecule has 1 N–H and O–H groups in total. The maximum atomic E-state index is 13.3. The smallest absolute Gasteiger partial charge is 0.257 e. The molecule has 0 bridgehead atoms. The maximum absolute atomic E-state index is 13.3. The first-order valence-electron chi connectivity index (χ1n) is 6.88. The molecule has 1 atom stereocenters. The zero-order chi connectivity index (χ0) is 15.0. The van der Waals surface area contributed by atoms with Gasteiger partial charge in [-0.1, -0.05) is 19.1 Å². The van der Waals surface area contributed by atoms with E-state index >= 15 is 0 Å². The normalized spacial score (nSPS) is 12.2. The number of nitrogens with zero attached hydrogens (tertiary/aromatic N) is 1. The van der Waals surface area contributed by atoms with Gasteiger partial charge in [-0.3, -0.25) is 4.79 Å². The van der Waals surface area contributed by atoms with Gasteiger partial charge < -0.3 is 15.0 Å². The van der Waals surface area contributed by atoms with Crippen molar-refractivity contribution in [1.82, 2.24) is 10.2 Å². The van der Waals surface area contributed by atoms with Gasteiger partial charge in [-0.2, -0.15) is 0 Å². The zero-order valence-electron chi connectivity index (χ0n) is 12.4. The molecular formula is C15H23FN2O2. The number of ether oxygens (including phenoxy) is 1. The molecule has 112 valence electrons. The lowest BCUT2D eigenvalue weighted by atomic mass is 10.2. The van der Waals surface area contributed by atoms with E-state index in [0.717, 1.165) is 13.0 Å². The van der Waals surface area contributed by atoms with E-state index in [0.29, 0.717) is 12.6 Å². The Hall–Kier alpha value is -1.62. The van der Waals surface area contributed by atoms with Crippen LogP contribution in [0.5, 0.6) is 5.75 Å². The standard InChI is InChI=1S/C15H23FN2O2/c1-4-12(2)18(3)10-9-17-15(19)11-20-14-8-6-5-7-13(14)16/h5-8,12H,4,9-11H2,1-3H3,(H,17,19). The summed E-state index contributed by atoms with van der Waals surface area (Å²) < 4.78 is 18.4. The van der Waals surface area contributed by atoms with E-state index in [1.54, 1.807) is 12.1 Å². The van der Waals surface area contributed by atoms with E-state index in [4.69, 9.17) is 4.74 Å². The Labute approximate surface area is 119 Å². The number of benzene rings is 1.